The zero-order valence-electron chi connectivity index (χ0n) is 29.9. The number of aliphatic imine (C=N–C) groups is 1. The Morgan fingerprint density at radius 1 is 1.08 bits per heavy atom. The summed E-state index contributed by atoms with van der Waals surface area (Å²) in [5, 5.41) is 9.31. The van der Waals surface area contributed by atoms with Crippen LogP contribution in [0.1, 0.15) is 91.0 Å². The quantitative estimate of drug-likeness (QED) is 0.0680. The van der Waals surface area contributed by atoms with Crippen LogP contribution in [0.5, 0.6) is 0 Å². The Labute approximate surface area is 300 Å². The van der Waals surface area contributed by atoms with E-state index in [9.17, 15) is 19.5 Å². The molecule has 49 heavy (non-hydrogen) atoms. The number of allylic oxidation sites excluding steroid dienone is 5. The van der Waals surface area contributed by atoms with E-state index in [1.807, 2.05) is 50.5 Å². The summed E-state index contributed by atoms with van der Waals surface area (Å²) in [5.41, 5.74) is 5.59. The van der Waals surface area contributed by atoms with Gasteiger partial charge in [-0.05, 0) is 90.7 Å². The highest BCUT2D eigenvalue weighted by Crippen LogP contribution is 2.65. The van der Waals surface area contributed by atoms with Crippen LogP contribution in [0.25, 0.3) is 0 Å². The fourth-order valence-electron chi connectivity index (χ4n) is 9.32. The van der Waals surface area contributed by atoms with Gasteiger partial charge in [0.2, 0.25) is 5.91 Å². The predicted molar refractivity (Wildman–Crippen MR) is 201 cm³/mol. The summed E-state index contributed by atoms with van der Waals surface area (Å²) in [6.07, 6.45) is 17.4. The molecule has 1 aromatic carbocycles. The number of hydrogen-bond donors (Lipinski definition) is 1. The molecule has 9 heteroatoms. The summed E-state index contributed by atoms with van der Waals surface area (Å²) in [7, 11) is 4.99. The Balaban J connectivity index is 1.06. The van der Waals surface area contributed by atoms with Gasteiger partial charge in [0.15, 0.2) is 0 Å². The van der Waals surface area contributed by atoms with Crippen LogP contribution in [-0.2, 0) is 25.7 Å². The molecule has 2 fully saturated rings. The maximum Gasteiger partial charge on any atom is 0.323 e. The molecular formula is C40H54N2O5S2. The van der Waals surface area contributed by atoms with Gasteiger partial charge in [-0.1, -0.05) is 96.5 Å². The number of ether oxygens (including phenoxy) is 1. The van der Waals surface area contributed by atoms with E-state index in [-0.39, 0.29) is 53.6 Å². The number of benzene rings is 1. The van der Waals surface area contributed by atoms with Crippen molar-refractivity contribution in [1.29, 1.82) is 0 Å². The van der Waals surface area contributed by atoms with Gasteiger partial charge in [-0.25, -0.2) is 0 Å². The van der Waals surface area contributed by atoms with E-state index < -0.39 is 5.97 Å². The minimum atomic E-state index is -1.03. The molecule has 1 amide bonds. The highest BCUT2D eigenvalue weighted by molar-refractivity contribution is 8.76. The number of carbonyl (C=O) groups is 3. The average molecular weight is 707 g/mol. The fourth-order valence-corrected chi connectivity index (χ4v) is 11.6. The zero-order valence-corrected chi connectivity index (χ0v) is 31.5. The Bertz CT molecular complexity index is 1490. The highest BCUT2D eigenvalue weighted by Gasteiger charge is 2.57. The van der Waals surface area contributed by atoms with Gasteiger partial charge in [0.1, 0.15) is 12.6 Å². The second-order valence-corrected chi connectivity index (χ2v) is 17.8. The first-order valence-corrected chi connectivity index (χ1v) is 20.4. The molecule has 0 saturated heterocycles. The molecule has 0 radical (unpaired) electrons. The molecule has 0 aliphatic heterocycles. The van der Waals surface area contributed by atoms with E-state index in [2.05, 4.69) is 44.0 Å². The SMILES string of the molecule is C/C=C(\C=NC)C1=CCC2[C@@H]3CC=C4C[C@@H](OC(=O)CCSS[C@@H](C)CC(=O)N(CC(=O)O)Cc5ccccc5)CC[C@]4(C)[C@H]3CC[C@]12C. The van der Waals surface area contributed by atoms with Crippen molar-refractivity contribution in [1.82, 2.24) is 4.90 Å². The predicted octanol–water partition coefficient (Wildman–Crippen LogP) is 8.71. The molecule has 7 nitrogen and oxygen atoms in total. The third-order valence-electron chi connectivity index (χ3n) is 11.8. The first-order chi connectivity index (χ1) is 23.5. The number of nitrogens with zero attached hydrogens (tertiary/aromatic N) is 2. The zero-order chi connectivity index (χ0) is 35.2. The largest absolute Gasteiger partial charge is 0.480 e. The van der Waals surface area contributed by atoms with Crippen molar-refractivity contribution >= 4 is 45.6 Å². The smallest absolute Gasteiger partial charge is 0.323 e. The highest BCUT2D eigenvalue weighted by atomic mass is 33.1. The van der Waals surface area contributed by atoms with E-state index in [4.69, 9.17) is 4.74 Å². The van der Waals surface area contributed by atoms with Crippen molar-refractivity contribution in [3.05, 3.63) is 70.8 Å². The van der Waals surface area contributed by atoms with Crippen LogP contribution in [0.4, 0.5) is 0 Å². The molecule has 5 rings (SSSR count). The number of esters is 1. The summed E-state index contributed by atoms with van der Waals surface area (Å²) in [6, 6.07) is 9.43. The van der Waals surface area contributed by atoms with Crippen LogP contribution in [0.2, 0.25) is 0 Å². The van der Waals surface area contributed by atoms with E-state index in [1.165, 1.54) is 34.5 Å². The second kappa shape index (κ2) is 16.5. The van der Waals surface area contributed by atoms with Crippen molar-refractivity contribution in [2.75, 3.05) is 19.3 Å². The Morgan fingerprint density at radius 2 is 1.84 bits per heavy atom. The van der Waals surface area contributed by atoms with Gasteiger partial charge in [-0.3, -0.25) is 19.4 Å². The number of aliphatic carboxylic acids is 1. The Morgan fingerprint density at radius 3 is 2.55 bits per heavy atom. The average Bonchev–Trinajstić information content (AvgIpc) is 3.42. The van der Waals surface area contributed by atoms with Crippen molar-refractivity contribution in [2.45, 2.75) is 103 Å². The van der Waals surface area contributed by atoms with Crippen LogP contribution < -0.4 is 0 Å². The number of carboxylic acids is 1. The van der Waals surface area contributed by atoms with Crippen molar-refractivity contribution in [3.63, 3.8) is 0 Å². The van der Waals surface area contributed by atoms with Gasteiger partial charge < -0.3 is 14.7 Å². The Kier molecular flexibility index (Phi) is 12.6. The minimum Gasteiger partial charge on any atom is -0.480 e. The molecule has 4 aliphatic carbocycles. The summed E-state index contributed by atoms with van der Waals surface area (Å²) < 4.78 is 6.03. The third-order valence-corrected chi connectivity index (χ3v) is 14.7. The number of fused-ring (bicyclic) bond motifs is 5. The lowest BCUT2D eigenvalue weighted by atomic mass is 9.47. The van der Waals surface area contributed by atoms with Gasteiger partial charge in [-0.2, -0.15) is 0 Å². The molecule has 0 bridgehead atoms. The van der Waals surface area contributed by atoms with Crippen LogP contribution in [-0.4, -0.2) is 64.8 Å². The summed E-state index contributed by atoms with van der Waals surface area (Å²) >= 11 is 0. The molecule has 0 heterocycles. The van der Waals surface area contributed by atoms with E-state index in [0.29, 0.717) is 29.9 Å². The number of amides is 1. The Hall–Kier alpha value is -2.78. The lowest BCUT2D eigenvalue weighted by Crippen LogP contribution is -2.50. The van der Waals surface area contributed by atoms with Gasteiger partial charge in [0, 0.05) is 43.7 Å². The van der Waals surface area contributed by atoms with Crippen LogP contribution in [0.3, 0.4) is 0 Å². The normalized spacial score (nSPS) is 30.0. The number of rotatable bonds is 14. The molecule has 0 aromatic heterocycles. The van der Waals surface area contributed by atoms with Gasteiger partial charge in [-0.15, -0.1) is 0 Å². The maximum absolute atomic E-state index is 12.9. The summed E-state index contributed by atoms with van der Waals surface area (Å²) in [5.74, 6) is 1.29. The monoisotopic (exact) mass is 706 g/mol. The van der Waals surface area contributed by atoms with Crippen molar-refractivity contribution < 1.29 is 24.2 Å². The van der Waals surface area contributed by atoms with Gasteiger partial charge >= 0.3 is 11.9 Å². The minimum absolute atomic E-state index is 0.0155. The maximum atomic E-state index is 12.9. The topological polar surface area (TPSA) is 96.3 Å². The molecule has 266 valence electrons. The molecule has 7 atom stereocenters. The van der Waals surface area contributed by atoms with Gasteiger partial charge in [0.25, 0.3) is 0 Å². The molecule has 1 N–H and O–H groups in total. The van der Waals surface area contributed by atoms with Crippen molar-refractivity contribution in [2.24, 2.45) is 33.6 Å². The number of carbonyl (C=O) groups excluding carboxylic acids is 2. The molecule has 2 saturated carbocycles. The molecule has 1 unspecified atom stereocenters. The first kappa shape index (κ1) is 37.5. The van der Waals surface area contributed by atoms with E-state index in [1.54, 1.807) is 21.6 Å². The second-order valence-electron chi connectivity index (χ2n) is 14.9. The van der Waals surface area contributed by atoms with Crippen LogP contribution in [0, 0.1) is 28.6 Å². The lowest BCUT2D eigenvalue weighted by molar-refractivity contribution is -0.150. The molecule has 1 aromatic rings. The van der Waals surface area contributed by atoms with Gasteiger partial charge in [0.05, 0.1) is 6.42 Å². The molecule has 4 aliphatic rings. The first-order valence-electron chi connectivity index (χ1n) is 18.0. The van der Waals surface area contributed by atoms with Crippen molar-refractivity contribution in [3.8, 4) is 0 Å². The van der Waals surface area contributed by atoms with Crippen LogP contribution in [0.15, 0.2) is 70.3 Å². The summed E-state index contributed by atoms with van der Waals surface area (Å²) in [4.78, 5) is 43.0. The lowest BCUT2D eigenvalue weighted by Gasteiger charge is -2.58. The third kappa shape index (κ3) is 8.58. The molecular weight excluding hydrogens is 653 g/mol. The standard InChI is InChI=1S/C40H54N2O5S2/c1-6-29(24-41-5)33-14-15-34-32-13-12-30-23-31(16-19-39(30,3)35(32)17-20-40(33,34)4)47-38(46)18-21-48-49-27(2)22-36(43)42(26-37(44)45)25-28-10-8-7-9-11-28/h6-12,14,24,27,31-32,34-35H,13,15-23,25-26H2,1-5H3,(H,44,45)/b29-6+,41-24?/t27-,31-,32-,34?,35-,39-,40+/m0/s1. The van der Waals surface area contributed by atoms with E-state index >= 15 is 0 Å². The summed E-state index contributed by atoms with van der Waals surface area (Å²) in [6.45, 7) is 9.02. The molecule has 0 spiro atoms. The fraction of sp³-hybridized carbons (Fsp3) is 0.600. The van der Waals surface area contributed by atoms with Crippen LogP contribution >= 0.6 is 21.6 Å². The number of hydrogen-bond acceptors (Lipinski definition) is 7. The van der Waals surface area contributed by atoms with E-state index in [0.717, 1.165) is 37.7 Å². The number of carboxylic acid groups (broad SMARTS) is 1.